The summed E-state index contributed by atoms with van der Waals surface area (Å²) in [4.78, 5) is 4.90. The maximum absolute atomic E-state index is 6.38. The quantitative estimate of drug-likeness (QED) is 0.467. The van der Waals surface area contributed by atoms with Gasteiger partial charge in [-0.15, -0.1) is 0 Å². The van der Waals surface area contributed by atoms with Gasteiger partial charge in [0.25, 0.3) is 0 Å². The maximum atomic E-state index is 6.38. The lowest BCUT2D eigenvalue weighted by atomic mass is 9.79. The first-order valence-corrected chi connectivity index (χ1v) is 9.86. The Labute approximate surface area is 168 Å². The van der Waals surface area contributed by atoms with Crippen LogP contribution in [0.25, 0.3) is 11.1 Å². The highest BCUT2D eigenvalue weighted by atomic mass is 35.5. The molecule has 0 saturated heterocycles. The Morgan fingerprint density at radius 3 is 1.96 bits per heavy atom. The number of pyridine rings is 1. The van der Waals surface area contributed by atoms with Gasteiger partial charge in [-0.3, -0.25) is 4.98 Å². The predicted molar refractivity (Wildman–Crippen MR) is 117 cm³/mol. The SMILES string of the molecule is CC(C)(C)c1cc(Cl)cc(CC(C)(C)c2ccc(-c3ccccc3)cc2)n1. The van der Waals surface area contributed by atoms with Gasteiger partial charge in [0.2, 0.25) is 0 Å². The lowest BCUT2D eigenvalue weighted by Gasteiger charge is -2.27. The molecule has 0 radical (unpaired) electrons. The minimum Gasteiger partial charge on any atom is -0.257 e. The number of rotatable bonds is 4. The standard InChI is InChI=1S/C25H28ClN/c1-24(2,3)23-16-21(26)15-22(27-23)17-25(4,5)20-13-11-19(12-14-20)18-9-7-6-8-10-18/h6-16H,17H2,1-5H3. The topological polar surface area (TPSA) is 12.9 Å². The van der Waals surface area contributed by atoms with Crippen LogP contribution in [0.5, 0.6) is 0 Å². The molecule has 0 aliphatic carbocycles. The summed E-state index contributed by atoms with van der Waals surface area (Å²) in [6.07, 6.45) is 0.849. The van der Waals surface area contributed by atoms with Crippen LogP contribution < -0.4 is 0 Å². The van der Waals surface area contributed by atoms with E-state index >= 15 is 0 Å². The second-order valence-electron chi connectivity index (χ2n) is 8.92. The minimum atomic E-state index is -0.0257. The Kier molecular flexibility index (Phi) is 5.44. The van der Waals surface area contributed by atoms with Crippen LogP contribution in [0.15, 0.2) is 66.7 Å². The number of nitrogens with zero attached hydrogens (tertiary/aromatic N) is 1. The summed E-state index contributed by atoms with van der Waals surface area (Å²) in [6.45, 7) is 11.0. The molecule has 3 rings (SSSR count). The van der Waals surface area contributed by atoms with Crippen LogP contribution >= 0.6 is 11.6 Å². The lowest BCUT2D eigenvalue weighted by Crippen LogP contribution is -2.22. The normalized spacial score (nSPS) is 12.2. The summed E-state index contributed by atoms with van der Waals surface area (Å²) in [5, 5.41) is 0.764. The molecule has 3 aromatic rings. The van der Waals surface area contributed by atoms with Crippen LogP contribution in [-0.4, -0.2) is 4.98 Å². The van der Waals surface area contributed by atoms with E-state index < -0.39 is 0 Å². The number of hydrogen-bond donors (Lipinski definition) is 0. The Hall–Kier alpha value is -2.12. The number of aromatic nitrogens is 1. The lowest BCUT2D eigenvalue weighted by molar-refractivity contribution is 0.506. The van der Waals surface area contributed by atoms with E-state index in [1.54, 1.807) is 0 Å². The molecule has 0 saturated carbocycles. The van der Waals surface area contributed by atoms with Crippen LogP contribution in [0.1, 0.15) is 51.6 Å². The van der Waals surface area contributed by atoms with Crippen molar-refractivity contribution in [2.24, 2.45) is 0 Å². The van der Waals surface area contributed by atoms with Crippen molar-refractivity contribution in [1.82, 2.24) is 4.98 Å². The van der Waals surface area contributed by atoms with Crippen molar-refractivity contribution < 1.29 is 0 Å². The molecule has 2 heteroatoms. The highest BCUT2D eigenvalue weighted by Crippen LogP contribution is 2.31. The van der Waals surface area contributed by atoms with Gasteiger partial charge in [0.05, 0.1) is 0 Å². The second kappa shape index (κ2) is 7.48. The molecular weight excluding hydrogens is 350 g/mol. The molecule has 1 aromatic heterocycles. The summed E-state index contributed by atoms with van der Waals surface area (Å²) in [7, 11) is 0. The van der Waals surface area contributed by atoms with Gasteiger partial charge < -0.3 is 0 Å². The summed E-state index contributed by atoms with van der Waals surface area (Å²) >= 11 is 6.38. The molecule has 0 amide bonds. The Morgan fingerprint density at radius 1 is 0.778 bits per heavy atom. The van der Waals surface area contributed by atoms with E-state index in [1.165, 1.54) is 16.7 Å². The summed E-state index contributed by atoms with van der Waals surface area (Å²) in [5.41, 5.74) is 5.84. The smallest absolute Gasteiger partial charge is 0.0475 e. The highest BCUT2D eigenvalue weighted by molar-refractivity contribution is 6.30. The van der Waals surface area contributed by atoms with E-state index in [1.807, 2.05) is 18.2 Å². The van der Waals surface area contributed by atoms with Gasteiger partial charge in [-0.05, 0) is 40.7 Å². The van der Waals surface area contributed by atoms with Crippen molar-refractivity contribution >= 4 is 11.6 Å². The van der Waals surface area contributed by atoms with Crippen LogP contribution in [0.4, 0.5) is 0 Å². The third-order valence-corrected chi connectivity index (χ3v) is 5.23. The van der Waals surface area contributed by atoms with Crippen LogP contribution in [-0.2, 0) is 17.3 Å². The predicted octanol–water partition coefficient (Wildman–Crippen LogP) is 7.22. The van der Waals surface area contributed by atoms with E-state index in [9.17, 15) is 0 Å². The highest BCUT2D eigenvalue weighted by Gasteiger charge is 2.24. The molecule has 0 aliphatic heterocycles. The molecule has 0 N–H and O–H groups in total. The van der Waals surface area contributed by atoms with Crippen molar-refractivity contribution in [3.8, 4) is 11.1 Å². The van der Waals surface area contributed by atoms with E-state index in [0.29, 0.717) is 0 Å². The molecule has 27 heavy (non-hydrogen) atoms. The Morgan fingerprint density at radius 2 is 1.37 bits per heavy atom. The third kappa shape index (κ3) is 4.78. The fourth-order valence-electron chi connectivity index (χ4n) is 3.32. The van der Waals surface area contributed by atoms with Gasteiger partial charge in [-0.1, -0.05) is 101 Å². The molecule has 2 aromatic carbocycles. The van der Waals surface area contributed by atoms with Crippen molar-refractivity contribution in [2.75, 3.05) is 0 Å². The molecule has 0 aliphatic rings. The minimum absolute atomic E-state index is 0.0128. The van der Waals surface area contributed by atoms with E-state index in [-0.39, 0.29) is 10.8 Å². The van der Waals surface area contributed by atoms with E-state index in [4.69, 9.17) is 16.6 Å². The van der Waals surface area contributed by atoms with Gasteiger partial charge in [0.1, 0.15) is 0 Å². The van der Waals surface area contributed by atoms with Crippen molar-refractivity contribution in [3.05, 3.63) is 88.7 Å². The molecule has 0 unspecified atom stereocenters. The Bertz CT molecular complexity index is 903. The molecule has 0 fully saturated rings. The monoisotopic (exact) mass is 377 g/mol. The van der Waals surface area contributed by atoms with Crippen molar-refractivity contribution in [1.29, 1.82) is 0 Å². The molecular formula is C25H28ClN. The fourth-order valence-corrected chi connectivity index (χ4v) is 3.55. The van der Waals surface area contributed by atoms with E-state index in [0.717, 1.165) is 22.8 Å². The van der Waals surface area contributed by atoms with Gasteiger partial charge in [0.15, 0.2) is 0 Å². The van der Waals surface area contributed by atoms with Crippen LogP contribution in [0.3, 0.4) is 0 Å². The average Bonchev–Trinajstić information content (AvgIpc) is 2.61. The zero-order chi connectivity index (χ0) is 19.7. The molecule has 140 valence electrons. The van der Waals surface area contributed by atoms with E-state index in [2.05, 4.69) is 83.1 Å². The first kappa shape index (κ1) is 19.6. The van der Waals surface area contributed by atoms with Gasteiger partial charge >= 0.3 is 0 Å². The van der Waals surface area contributed by atoms with Gasteiger partial charge in [0, 0.05) is 21.8 Å². The van der Waals surface area contributed by atoms with Crippen molar-refractivity contribution in [2.45, 2.75) is 51.9 Å². The molecule has 0 spiro atoms. The van der Waals surface area contributed by atoms with Gasteiger partial charge in [-0.2, -0.15) is 0 Å². The molecule has 1 nitrogen and oxygen atoms in total. The van der Waals surface area contributed by atoms with Crippen molar-refractivity contribution in [3.63, 3.8) is 0 Å². The largest absolute Gasteiger partial charge is 0.257 e. The zero-order valence-electron chi connectivity index (χ0n) is 16.9. The summed E-state index contributed by atoms with van der Waals surface area (Å²) in [5.74, 6) is 0. The first-order chi connectivity index (χ1) is 12.6. The molecule has 1 heterocycles. The third-order valence-electron chi connectivity index (χ3n) is 5.01. The number of hydrogen-bond acceptors (Lipinski definition) is 1. The van der Waals surface area contributed by atoms with Gasteiger partial charge in [-0.25, -0.2) is 0 Å². The summed E-state index contributed by atoms with van der Waals surface area (Å²) < 4.78 is 0. The molecule has 0 bridgehead atoms. The van der Waals surface area contributed by atoms with Crippen LogP contribution in [0.2, 0.25) is 5.02 Å². The Balaban J connectivity index is 1.86. The fraction of sp³-hybridized carbons (Fsp3) is 0.320. The zero-order valence-corrected chi connectivity index (χ0v) is 17.6. The summed E-state index contributed by atoms with van der Waals surface area (Å²) in [6, 6.07) is 23.3. The number of halogens is 1. The number of benzene rings is 2. The maximum Gasteiger partial charge on any atom is 0.0475 e. The molecule has 0 atom stereocenters. The first-order valence-electron chi connectivity index (χ1n) is 9.48. The second-order valence-corrected chi connectivity index (χ2v) is 9.35. The average molecular weight is 378 g/mol. The van der Waals surface area contributed by atoms with Crippen LogP contribution in [0, 0.1) is 0 Å².